The summed E-state index contributed by atoms with van der Waals surface area (Å²) in [6.07, 6.45) is 4.45. The van der Waals surface area contributed by atoms with Gasteiger partial charge in [-0.1, -0.05) is 25.1 Å². The van der Waals surface area contributed by atoms with Crippen molar-refractivity contribution in [3.05, 3.63) is 46.4 Å². The van der Waals surface area contributed by atoms with Gasteiger partial charge in [-0.25, -0.2) is 0 Å². The molecule has 1 saturated carbocycles. The van der Waals surface area contributed by atoms with Crippen LogP contribution in [0.15, 0.2) is 35.3 Å². The summed E-state index contributed by atoms with van der Waals surface area (Å²) in [6, 6.07) is 8.24. The molecule has 0 saturated heterocycles. The molecular weight excluding hydrogens is 224 g/mol. The Morgan fingerprint density at radius 3 is 2.72 bits per heavy atom. The van der Waals surface area contributed by atoms with Crippen LogP contribution in [-0.2, 0) is 0 Å². The molecule has 1 aliphatic carbocycles. The third-order valence-corrected chi connectivity index (χ3v) is 3.69. The van der Waals surface area contributed by atoms with Crippen molar-refractivity contribution in [3.63, 3.8) is 0 Å². The fourth-order valence-electron chi connectivity index (χ4n) is 2.67. The Bertz CT molecular complexity index is 613. The summed E-state index contributed by atoms with van der Waals surface area (Å²) >= 11 is 0. The highest BCUT2D eigenvalue weighted by Crippen LogP contribution is 2.42. The SMILES string of the molecule is CCNC(c1c[nH]c(=O)c2ccccc12)C1CC1. The molecule has 1 aromatic heterocycles. The summed E-state index contributed by atoms with van der Waals surface area (Å²) in [7, 11) is 0. The minimum Gasteiger partial charge on any atom is -0.328 e. The number of H-pyrrole nitrogens is 1. The highest BCUT2D eigenvalue weighted by atomic mass is 16.1. The molecular formula is C15H18N2O. The molecule has 1 aliphatic rings. The van der Waals surface area contributed by atoms with E-state index in [-0.39, 0.29) is 5.56 Å². The lowest BCUT2D eigenvalue weighted by molar-refractivity contribution is 0.498. The first-order valence-corrected chi connectivity index (χ1v) is 6.65. The van der Waals surface area contributed by atoms with Crippen molar-refractivity contribution < 1.29 is 0 Å². The largest absolute Gasteiger partial charge is 0.328 e. The minimum absolute atomic E-state index is 0.000366. The third kappa shape index (κ3) is 1.95. The van der Waals surface area contributed by atoms with Crippen LogP contribution in [0.4, 0.5) is 0 Å². The first-order valence-electron chi connectivity index (χ1n) is 6.65. The first kappa shape index (κ1) is 11.5. The molecule has 0 bridgehead atoms. The molecule has 1 unspecified atom stereocenters. The van der Waals surface area contributed by atoms with Crippen molar-refractivity contribution in [2.24, 2.45) is 5.92 Å². The lowest BCUT2D eigenvalue weighted by Gasteiger charge is -2.19. The fraction of sp³-hybridized carbons (Fsp3) is 0.400. The van der Waals surface area contributed by atoms with Gasteiger partial charge in [-0.15, -0.1) is 0 Å². The fourth-order valence-corrected chi connectivity index (χ4v) is 2.67. The quantitative estimate of drug-likeness (QED) is 0.865. The monoisotopic (exact) mass is 242 g/mol. The van der Waals surface area contributed by atoms with Crippen molar-refractivity contribution in [2.45, 2.75) is 25.8 Å². The Morgan fingerprint density at radius 2 is 2.06 bits per heavy atom. The number of hydrogen-bond donors (Lipinski definition) is 2. The molecule has 0 radical (unpaired) electrons. The van der Waals surface area contributed by atoms with Crippen molar-refractivity contribution in [1.29, 1.82) is 0 Å². The molecule has 1 fully saturated rings. The van der Waals surface area contributed by atoms with Crippen molar-refractivity contribution in [1.82, 2.24) is 10.3 Å². The molecule has 1 aromatic carbocycles. The van der Waals surface area contributed by atoms with Gasteiger partial charge < -0.3 is 10.3 Å². The van der Waals surface area contributed by atoms with Crippen LogP contribution < -0.4 is 10.9 Å². The molecule has 18 heavy (non-hydrogen) atoms. The first-order chi connectivity index (χ1) is 8.81. The summed E-state index contributed by atoms with van der Waals surface area (Å²) in [4.78, 5) is 14.7. The van der Waals surface area contributed by atoms with Gasteiger partial charge in [0.15, 0.2) is 0 Å². The number of nitrogens with one attached hydrogen (secondary N) is 2. The zero-order chi connectivity index (χ0) is 12.5. The summed E-state index contributed by atoms with van der Waals surface area (Å²) in [5.74, 6) is 0.722. The van der Waals surface area contributed by atoms with Gasteiger partial charge in [0.05, 0.1) is 0 Å². The summed E-state index contributed by atoms with van der Waals surface area (Å²) in [5, 5.41) is 5.42. The number of aromatic nitrogens is 1. The molecule has 3 nitrogen and oxygen atoms in total. The maximum atomic E-state index is 11.8. The normalized spacial score (nSPS) is 16.9. The van der Waals surface area contributed by atoms with E-state index >= 15 is 0 Å². The average molecular weight is 242 g/mol. The molecule has 2 N–H and O–H groups in total. The number of fused-ring (bicyclic) bond motifs is 1. The Balaban J connectivity index is 2.15. The van der Waals surface area contributed by atoms with Crippen molar-refractivity contribution in [2.75, 3.05) is 6.54 Å². The molecule has 1 heterocycles. The van der Waals surface area contributed by atoms with E-state index in [1.54, 1.807) is 0 Å². The van der Waals surface area contributed by atoms with Gasteiger partial charge in [-0.05, 0) is 42.3 Å². The van der Waals surface area contributed by atoms with E-state index in [1.807, 2.05) is 30.5 Å². The van der Waals surface area contributed by atoms with Crippen LogP contribution in [0.1, 0.15) is 31.4 Å². The van der Waals surface area contributed by atoms with Crippen molar-refractivity contribution in [3.8, 4) is 0 Å². The molecule has 3 heteroatoms. The smallest absolute Gasteiger partial charge is 0.255 e. The van der Waals surface area contributed by atoms with E-state index in [2.05, 4.69) is 17.2 Å². The molecule has 3 rings (SSSR count). The van der Waals surface area contributed by atoms with Gasteiger partial charge in [0, 0.05) is 17.6 Å². The Hall–Kier alpha value is -1.61. The summed E-state index contributed by atoms with van der Waals surface area (Å²) < 4.78 is 0. The zero-order valence-electron chi connectivity index (χ0n) is 10.6. The Morgan fingerprint density at radius 1 is 1.33 bits per heavy atom. The zero-order valence-corrected chi connectivity index (χ0v) is 10.6. The van der Waals surface area contributed by atoms with E-state index in [0.29, 0.717) is 6.04 Å². The van der Waals surface area contributed by atoms with Gasteiger partial charge in [0.2, 0.25) is 0 Å². The topological polar surface area (TPSA) is 44.9 Å². The Kier molecular flexibility index (Phi) is 2.92. The van der Waals surface area contributed by atoms with Crippen LogP contribution in [0.2, 0.25) is 0 Å². The number of benzene rings is 1. The molecule has 94 valence electrons. The van der Waals surface area contributed by atoms with Crippen molar-refractivity contribution >= 4 is 10.8 Å². The highest BCUT2D eigenvalue weighted by Gasteiger charge is 2.32. The Labute approximate surface area is 106 Å². The van der Waals surface area contributed by atoms with Crippen LogP contribution in [0.25, 0.3) is 10.8 Å². The summed E-state index contributed by atoms with van der Waals surface area (Å²) in [5.41, 5.74) is 1.23. The number of aromatic amines is 1. The molecule has 0 amide bonds. The van der Waals surface area contributed by atoms with E-state index in [9.17, 15) is 4.79 Å². The number of pyridine rings is 1. The predicted octanol–water partition coefficient (Wildman–Crippen LogP) is 2.59. The second-order valence-corrected chi connectivity index (χ2v) is 4.99. The van der Waals surface area contributed by atoms with E-state index in [1.165, 1.54) is 18.4 Å². The second-order valence-electron chi connectivity index (χ2n) is 4.99. The number of hydrogen-bond acceptors (Lipinski definition) is 2. The van der Waals surface area contributed by atoms with Crippen LogP contribution in [0.3, 0.4) is 0 Å². The average Bonchev–Trinajstić information content (AvgIpc) is 3.22. The van der Waals surface area contributed by atoms with Crippen LogP contribution in [0.5, 0.6) is 0 Å². The van der Waals surface area contributed by atoms with Crippen LogP contribution in [-0.4, -0.2) is 11.5 Å². The predicted molar refractivity (Wildman–Crippen MR) is 73.7 cm³/mol. The van der Waals surface area contributed by atoms with Gasteiger partial charge in [0.1, 0.15) is 0 Å². The lowest BCUT2D eigenvalue weighted by atomic mass is 9.98. The lowest BCUT2D eigenvalue weighted by Crippen LogP contribution is -2.24. The molecule has 0 aliphatic heterocycles. The van der Waals surface area contributed by atoms with E-state index in [0.717, 1.165) is 23.2 Å². The minimum atomic E-state index is 0.000366. The summed E-state index contributed by atoms with van der Waals surface area (Å²) in [6.45, 7) is 3.08. The van der Waals surface area contributed by atoms with E-state index in [4.69, 9.17) is 0 Å². The molecule has 1 atom stereocenters. The van der Waals surface area contributed by atoms with Gasteiger partial charge in [0.25, 0.3) is 5.56 Å². The van der Waals surface area contributed by atoms with Crippen LogP contribution in [0, 0.1) is 5.92 Å². The highest BCUT2D eigenvalue weighted by molar-refractivity contribution is 5.85. The molecule has 0 spiro atoms. The maximum Gasteiger partial charge on any atom is 0.255 e. The number of rotatable bonds is 4. The second kappa shape index (κ2) is 4.58. The van der Waals surface area contributed by atoms with E-state index < -0.39 is 0 Å². The van der Waals surface area contributed by atoms with Crippen LogP contribution >= 0.6 is 0 Å². The third-order valence-electron chi connectivity index (χ3n) is 3.69. The molecule has 2 aromatic rings. The van der Waals surface area contributed by atoms with Gasteiger partial charge >= 0.3 is 0 Å². The van der Waals surface area contributed by atoms with Gasteiger partial charge in [-0.3, -0.25) is 4.79 Å². The maximum absolute atomic E-state index is 11.8. The standard InChI is InChI=1S/C15H18N2O/c1-2-16-14(10-7-8-10)13-9-17-15(18)12-6-4-3-5-11(12)13/h3-6,9-10,14,16H,2,7-8H2,1H3,(H,17,18). The van der Waals surface area contributed by atoms with Gasteiger partial charge in [-0.2, -0.15) is 0 Å².